The standard InChI is InChI=1S/C49H31N2/c1-3-17-33(18-4-1)44-31-46(37-28-15-19-32-16-7-8-22-35(32)37)51(44)45-30-42-36-23-9-12-26-40(36)49-48(47(42)39-25-11-10-24-38(39)45)41-27-13-14-29-43(41)50(49)34-20-5-2-6-21-34/h1-31H/q+1. The van der Waals surface area contributed by atoms with Gasteiger partial charge in [0.1, 0.15) is 0 Å². The molecule has 51 heavy (non-hydrogen) atoms. The maximum absolute atomic E-state index is 2.51. The van der Waals surface area contributed by atoms with E-state index >= 15 is 0 Å². The zero-order valence-electron chi connectivity index (χ0n) is 27.8. The van der Waals surface area contributed by atoms with E-state index in [2.05, 4.69) is 197 Å². The van der Waals surface area contributed by atoms with Crippen molar-refractivity contribution < 1.29 is 4.58 Å². The average molecular weight is 648 g/mol. The van der Waals surface area contributed by atoms with E-state index < -0.39 is 0 Å². The highest BCUT2D eigenvalue weighted by molar-refractivity contribution is 6.37. The van der Waals surface area contributed by atoms with Gasteiger partial charge in [-0.05, 0) is 69.4 Å². The van der Waals surface area contributed by atoms with E-state index in [1.54, 1.807) is 0 Å². The van der Waals surface area contributed by atoms with Crippen LogP contribution in [0.1, 0.15) is 11.1 Å². The summed E-state index contributed by atoms with van der Waals surface area (Å²) in [5.41, 5.74) is 9.68. The number of para-hydroxylation sites is 2. The number of hydrogen-bond acceptors (Lipinski definition) is 0. The van der Waals surface area contributed by atoms with Crippen LogP contribution in [0, 0.1) is 0 Å². The molecule has 11 rings (SSSR count). The summed E-state index contributed by atoms with van der Waals surface area (Å²) in [7, 11) is 0. The molecule has 0 N–H and O–H groups in total. The summed E-state index contributed by atoms with van der Waals surface area (Å²) in [5, 5.41) is 12.6. The SMILES string of the molecule is C1=C(c2cccc3ccccc23)[N+](c2cc3c4ccccc4c4c(c5ccccc5n4-c4ccccc4)c3c3ccccc23)=C1c1ccccc1. The largest absolute Gasteiger partial charge is 0.309 e. The van der Waals surface area contributed by atoms with Gasteiger partial charge < -0.3 is 4.57 Å². The van der Waals surface area contributed by atoms with Gasteiger partial charge in [0.2, 0.25) is 17.1 Å². The van der Waals surface area contributed by atoms with Crippen molar-refractivity contribution in [3.63, 3.8) is 0 Å². The Morgan fingerprint density at radius 3 is 1.82 bits per heavy atom. The normalized spacial score (nSPS) is 13.1. The van der Waals surface area contributed by atoms with Crippen molar-refractivity contribution in [2.24, 2.45) is 0 Å². The maximum atomic E-state index is 2.51. The van der Waals surface area contributed by atoms with Gasteiger partial charge >= 0.3 is 0 Å². The predicted octanol–water partition coefficient (Wildman–Crippen LogP) is 12.6. The van der Waals surface area contributed by atoms with E-state index in [1.165, 1.54) is 98.8 Å². The van der Waals surface area contributed by atoms with Crippen molar-refractivity contribution in [2.45, 2.75) is 0 Å². The number of aromatic nitrogens is 1. The highest BCUT2D eigenvalue weighted by Crippen LogP contribution is 2.48. The fourth-order valence-electron chi connectivity index (χ4n) is 8.59. The van der Waals surface area contributed by atoms with Gasteiger partial charge in [0.15, 0.2) is 0 Å². The van der Waals surface area contributed by atoms with Gasteiger partial charge in [0.05, 0.1) is 28.1 Å². The first-order valence-electron chi connectivity index (χ1n) is 17.6. The number of allylic oxidation sites excluding steroid dienone is 1. The molecule has 1 aliphatic rings. The molecule has 0 fully saturated rings. The van der Waals surface area contributed by atoms with Crippen molar-refractivity contribution in [3.8, 4) is 5.69 Å². The Labute approximate surface area is 295 Å². The lowest BCUT2D eigenvalue weighted by Gasteiger charge is -2.21. The van der Waals surface area contributed by atoms with Gasteiger partial charge in [-0.1, -0.05) is 133 Å². The molecular weight excluding hydrogens is 617 g/mol. The lowest BCUT2D eigenvalue weighted by molar-refractivity contribution is -0.339. The third kappa shape index (κ3) is 4.02. The number of nitrogens with zero attached hydrogens (tertiary/aromatic N) is 2. The Kier molecular flexibility index (Phi) is 5.99. The summed E-state index contributed by atoms with van der Waals surface area (Å²) in [6, 6.07) is 66.4. The molecule has 0 bridgehead atoms. The monoisotopic (exact) mass is 647 g/mol. The second kappa shape index (κ2) is 10.9. The van der Waals surface area contributed by atoms with Crippen molar-refractivity contribution >= 4 is 82.0 Å². The summed E-state index contributed by atoms with van der Waals surface area (Å²) >= 11 is 0. The molecule has 2 nitrogen and oxygen atoms in total. The van der Waals surface area contributed by atoms with Crippen LogP contribution in [-0.2, 0) is 0 Å². The Morgan fingerprint density at radius 1 is 0.412 bits per heavy atom. The number of fused-ring (bicyclic) bond motifs is 11. The first-order chi connectivity index (χ1) is 25.3. The Morgan fingerprint density at radius 2 is 1.02 bits per heavy atom. The molecule has 9 aromatic carbocycles. The highest BCUT2D eigenvalue weighted by Gasteiger charge is 2.37. The van der Waals surface area contributed by atoms with Crippen molar-refractivity contribution in [2.75, 3.05) is 0 Å². The molecule has 0 saturated carbocycles. The maximum Gasteiger partial charge on any atom is 0.226 e. The van der Waals surface area contributed by atoms with Gasteiger partial charge in [-0.2, -0.15) is 4.58 Å². The van der Waals surface area contributed by atoms with E-state index in [4.69, 9.17) is 0 Å². The molecule has 0 atom stereocenters. The lowest BCUT2D eigenvalue weighted by atomic mass is 9.90. The minimum Gasteiger partial charge on any atom is -0.309 e. The molecule has 10 aromatic rings. The van der Waals surface area contributed by atoms with Crippen LogP contribution < -0.4 is 0 Å². The average Bonchev–Trinajstić information content (AvgIpc) is 3.54. The zero-order valence-corrected chi connectivity index (χ0v) is 27.8. The van der Waals surface area contributed by atoms with E-state index in [0.717, 1.165) is 0 Å². The number of rotatable bonds is 4. The number of hydrogen-bond donors (Lipinski definition) is 0. The topological polar surface area (TPSA) is 7.94 Å². The van der Waals surface area contributed by atoms with Gasteiger partial charge in [0, 0.05) is 38.9 Å². The summed E-state index contributed by atoms with van der Waals surface area (Å²) in [5.74, 6) is 0. The van der Waals surface area contributed by atoms with E-state index in [-0.39, 0.29) is 0 Å². The quantitative estimate of drug-likeness (QED) is 0.133. The molecular formula is C49H31N2+. The first kappa shape index (κ1) is 28.1. The molecule has 0 unspecified atom stereocenters. The van der Waals surface area contributed by atoms with Crippen LogP contribution in [0.4, 0.5) is 5.69 Å². The van der Waals surface area contributed by atoms with Crippen LogP contribution >= 0.6 is 0 Å². The van der Waals surface area contributed by atoms with Gasteiger partial charge in [0.25, 0.3) is 0 Å². The molecule has 0 spiro atoms. The van der Waals surface area contributed by atoms with E-state index in [9.17, 15) is 0 Å². The molecule has 2 heterocycles. The molecule has 2 heteroatoms. The molecule has 0 saturated heterocycles. The van der Waals surface area contributed by atoms with Crippen LogP contribution in [0.3, 0.4) is 0 Å². The Bertz CT molecular complexity index is 3100. The van der Waals surface area contributed by atoms with Crippen molar-refractivity contribution in [3.05, 3.63) is 199 Å². The molecule has 236 valence electrons. The second-order valence-corrected chi connectivity index (χ2v) is 13.5. The molecule has 0 radical (unpaired) electrons. The Hall–Kier alpha value is -6.77. The highest BCUT2D eigenvalue weighted by atomic mass is 15.1. The Balaban J connectivity index is 1.31. The zero-order chi connectivity index (χ0) is 33.5. The van der Waals surface area contributed by atoms with Gasteiger partial charge in [-0.15, -0.1) is 0 Å². The molecule has 1 aromatic heterocycles. The van der Waals surface area contributed by atoms with Gasteiger partial charge in [-0.25, -0.2) is 0 Å². The summed E-state index contributed by atoms with van der Waals surface area (Å²) in [6.07, 6.45) is 2.37. The number of benzene rings is 9. The minimum absolute atomic E-state index is 1.17. The van der Waals surface area contributed by atoms with Crippen LogP contribution in [-0.4, -0.2) is 14.9 Å². The van der Waals surface area contributed by atoms with Crippen molar-refractivity contribution in [1.29, 1.82) is 0 Å². The van der Waals surface area contributed by atoms with Crippen molar-refractivity contribution in [1.82, 2.24) is 4.57 Å². The third-order valence-corrected chi connectivity index (χ3v) is 10.8. The summed E-state index contributed by atoms with van der Waals surface area (Å²) < 4.78 is 4.97. The van der Waals surface area contributed by atoms with Crippen LogP contribution in [0.5, 0.6) is 0 Å². The second-order valence-electron chi connectivity index (χ2n) is 13.5. The van der Waals surface area contributed by atoms with Crippen LogP contribution in [0.15, 0.2) is 188 Å². The predicted molar refractivity (Wildman–Crippen MR) is 216 cm³/mol. The summed E-state index contributed by atoms with van der Waals surface area (Å²) in [6.45, 7) is 0. The minimum atomic E-state index is 1.17. The van der Waals surface area contributed by atoms with Crippen LogP contribution in [0.25, 0.3) is 76.3 Å². The fraction of sp³-hybridized carbons (Fsp3) is 0. The fourth-order valence-corrected chi connectivity index (χ4v) is 8.59. The lowest BCUT2D eigenvalue weighted by Crippen LogP contribution is -2.25. The molecule has 1 aliphatic heterocycles. The van der Waals surface area contributed by atoms with Crippen LogP contribution in [0.2, 0.25) is 0 Å². The van der Waals surface area contributed by atoms with E-state index in [0.29, 0.717) is 0 Å². The molecule has 0 aliphatic carbocycles. The molecule has 0 amide bonds. The first-order valence-corrected chi connectivity index (χ1v) is 17.6. The summed E-state index contributed by atoms with van der Waals surface area (Å²) in [4.78, 5) is 0. The van der Waals surface area contributed by atoms with E-state index in [1.807, 2.05) is 0 Å². The smallest absolute Gasteiger partial charge is 0.226 e. The van der Waals surface area contributed by atoms with Gasteiger partial charge in [-0.3, -0.25) is 0 Å². The third-order valence-electron chi connectivity index (χ3n) is 10.8.